The molecule has 1 atom stereocenters. The van der Waals surface area contributed by atoms with Crippen LogP contribution in [0.1, 0.15) is 22.8 Å². The Labute approximate surface area is 235 Å². The molecule has 4 aromatic rings. The molecule has 2 amide bonds. The van der Waals surface area contributed by atoms with E-state index in [0.717, 1.165) is 5.56 Å². The fourth-order valence-electron chi connectivity index (χ4n) is 4.67. The van der Waals surface area contributed by atoms with Crippen LogP contribution in [0.25, 0.3) is 16.9 Å². The molecule has 0 saturated carbocycles. The van der Waals surface area contributed by atoms with Crippen LogP contribution in [-0.2, 0) is 14.3 Å². The number of carbonyl (C=O) groups is 2. The summed E-state index contributed by atoms with van der Waals surface area (Å²) in [5.74, 6) is -0.985. The van der Waals surface area contributed by atoms with E-state index in [0.29, 0.717) is 47.9 Å². The number of aromatic nitrogens is 2. The Morgan fingerprint density at radius 1 is 1.05 bits per heavy atom. The van der Waals surface area contributed by atoms with Gasteiger partial charge in [-0.1, -0.05) is 42.5 Å². The zero-order valence-electron chi connectivity index (χ0n) is 21.8. The number of benzene rings is 3. The molecule has 40 heavy (non-hydrogen) atoms. The van der Waals surface area contributed by atoms with Gasteiger partial charge < -0.3 is 10.1 Å². The third kappa shape index (κ3) is 5.93. The number of nitrogens with zero attached hydrogens (tertiary/aromatic N) is 3. The molecule has 0 fully saturated rings. The van der Waals surface area contributed by atoms with Crippen molar-refractivity contribution in [2.24, 2.45) is 0 Å². The Morgan fingerprint density at radius 3 is 2.55 bits per heavy atom. The van der Waals surface area contributed by atoms with Crippen LogP contribution in [-0.4, -0.2) is 54.2 Å². The number of rotatable bonds is 9. The van der Waals surface area contributed by atoms with E-state index in [1.54, 1.807) is 30.0 Å². The molecule has 5 rings (SSSR count). The molecule has 10 heteroatoms. The monoisotopic (exact) mass is 562 g/mol. The van der Waals surface area contributed by atoms with E-state index < -0.39 is 16.9 Å². The number of hydrogen-bond donors (Lipinski definition) is 1. The van der Waals surface area contributed by atoms with Gasteiger partial charge in [-0.25, -0.2) is 13.5 Å². The summed E-state index contributed by atoms with van der Waals surface area (Å²) >= 11 is 1.35. The smallest absolute Gasteiger partial charge is 0.240 e. The quantitative estimate of drug-likeness (QED) is 0.286. The van der Waals surface area contributed by atoms with Gasteiger partial charge in [0.05, 0.1) is 22.4 Å². The second kappa shape index (κ2) is 12.4. The van der Waals surface area contributed by atoms with Crippen LogP contribution in [0.5, 0.6) is 0 Å². The van der Waals surface area contributed by atoms with E-state index >= 15 is 0 Å². The molecular formula is C30H28F2N4O3S. The lowest BCUT2D eigenvalue weighted by Crippen LogP contribution is -2.42. The standard InChI is InChI=1S/C30H28F2N4O3S/c1-39-16-6-15-33-25(37)18-35-26(38)19-40-29(21-9-5-10-23(32)17-21)27-28(20-7-3-2-4-8-20)34-36(30(27)35)24-13-11-22(31)12-14-24/h2-5,7-14,17,29H,6,15-16,18-19H2,1H3,(H,33,37)/t29-/m1/s1. The van der Waals surface area contributed by atoms with Crippen LogP contribution < -0.4 is 10.2 Å². The van der Waals surface area contributed by atoms with Gasteiger partial charge in [-0.15, -0.1) is 11.8 Å². The van der Waals surface area contributed by atoms with Gasteiger partial charge >= 0.3 is 0 Å². The lowest BCUT2D eigenvalue weighted by atomic mass is 9.99. The minimum Gasteiger partial charge on any atom is -0.385 e. The van der Waals surface area contributed by atoms with E-state index in [1.165, 1.54) is 40.9 Å². The zero-order valence-corrected chi connectivity index (χ0v) is 22.7. The molecule has 0 bridgehead atoms. The lowest BCUT2D eigenvalue weighted by molar-refractivity contribution is -0.122. The van der Waals surface area contributed by atoms with E-state index in [4.69, 9.17) is 9.84 Å². The van der Waals surface area contributed by atoms with Gasteiger partial charge in [-0.2, -0.15) is 5.10 Å². The van der Waals surface area contributed by atoms with Crippen molar-refractivity contribution < 1.29 is 23.1 Å². The summed E-state index contributed by atoms with van der Waals surface area (Å²) in [7, 11) is 1.59. The van der Waals surface area contributed by atoms with E-state index in [-0.39, 0.29) is 24.1 Å². The summed E-state index contributed by atoms with van der Waals surface area (Å²) in [6, 6.07) is 21.5. The minimum atomic E-state index is -0.464. The van der Waals surface area contributed by atoms with E-state index in [1.807, 2.05) is 36.4 Å². The molecule has 2 heterocycles. The predicted molar refractivity (Wildman–Crippen MR) is 152 cm³/mol. The Balaban J connectivity index is 1.71. The summed E-state index contributed by atoms with van der Waals surface area (Å²) in [6.45, 7) is 0.655. The van der Waals surface area contributed by atoms with Gasteiger partial charge in [-0.05, 0) is 48.4 Å². The van der Waals surface area contributed by atoms with Crippen molar-refractivity contribution in [3.8, 4) is 16.9 Å². The summed E-state index contributed by atoms with van der Waals surface area (Å²) < 4.78 is 34.9. The van der Waals surface area contributed by atoms with Crippen molar-refractivity contribution in [3.05, 3.63) is 102 Å². The molecule has 0 spiro atoms. The first-order chi connectivity index (χ1) is 19.5. The van der Waals surface area contributed by atoms with Crippen LogP contribution in [0.3, 0.4) is 0 Å². The molecule has 1 aliphatic rings. The van der Waals surface area contributed by atoms with Crippen molar-refractivity contribution in [1.29, 1.82) is 0 Å². The number of nitrogens with one attached hydrogen (secondary N) is 1. The molecule has 1 aromatic heterocycles. The number of amides is 2. The maximum Gasteiger partial charge on any atom is 0.240 e. The van der Waals surface area contributed by atoms with Crippen LogP contribution in [0, 0.1) is 11.6 Å². The normalized spacial score (nSPS) is 15.0. The average molecular weight is 563 g/mol. The van der Waals surface area contributed by atoms with Gasteiger partial charge in [0, 0.05) is 31.4 Å². The van der Waals surface area contributed by atoms with E-state index in [2.05, 4.69) is 5.32 Å². The fourth-order valence-corrected chi connectivity index (χ4v) is 5.86. The van der Waals surface area contributed by atoms with Gasteiger partial charge in [0.15, 0.2) is 0 Å². The first-order valence-electron chi connectivity index (χ1n) is 12.8. The first-order valence-corrected chi connectivity index (χ1v) is 13.9. The number of ether oxygens (including phenoxy) is 1. The van der Waals surface area contributed by atoms with Crippen LogP contribution in [0.15, 0.2) is 78.9 Å². The predicted octanol–water partition coefficient (Wildman–Crippen LogP) is 5.14. The maximum atomic E-state index is 14.4. The van der Waals surface area contributed by atoms with E-state index in [9.17, 15) is 18.4 Å². The Morgan fingerprint density at radius 2 is 1.82 bits per heavy atom. The average Bonchev–Trinajstić information content (AvgIpc) is 3.28. The summed E-state index contributed by atoms with van der Waals surface area (Å²) in [4.78, 5) is 28.1. The Kier molecular flexibility index (Phi) is 8.57. The zero-order chi connectivity index (χ0) is 28.1. The number of halogens is 2. The highest BCUT2D eigenvalue weighted by molar-refractivity contribution is 8.00. The van der Waals surface area contributed by atoms with Gasteiger partial charge in [0.25, 0.3) is 0 Å². The Bertz CT molecular complexity index is 1490. The highest BCUT2D eigenvalue weighted by Crippen LogP contribution is 2.48. The van der Waals surface area contributed by atoms with Gasteiger partial charge in [-0.3, -0.25) is 14.5 Å². The molecule has 0 unspecified atom stereocenters. The van der Waals surface area contributed by atoms with Crippen molar-refractivity contribution in [3.63, 3.8) is 0 Å². The molecule has 1 aliphatic heterocycles. The number of anilines is 1. The largest absolute Gasteiger partial charge is 0.385 e. The maximum absolute atomic E-state index is 14.4. The molecule has 3 aromatic carbocycles. The SMILES string of the molecule is COCCCNC(=O)CN1C(=O)CS[C@H](c2cccc(F)c2)c2c(-c3ccccc3)nn(-c3ccc(F)cc3)c21. The molecule has 1 N–H and O–H groups in total. The second-order valence-corrected chi connectivity index (χ2v) is 10.4. The Hall–Kier alpha value is -4.02. The number of thioether (sulfide) groups is 1. The third-order valence-electron chi connectivity index (χ3n) is 6.51. The number of hydrogen-bond acceptors (Lipinski definition) is 5. The topological polar surface area (TPSA) is 76.5 Å². The number of methoxy groups -OCH3 is 1. The molecule has 0 saturated heterocycles. The first kappa shape index (κ1) is 27.5. The molecular weight excluding hydrogens is 534 g/mol. The lowest BCUT2D eigenvalue weighted by Gasteiger charge is -2.23. The molecule has 0 radical (unpaired) electrons. The van der Waals surface area contributed by atoms with Crippen LogP contribution in [0.4, 0.5) is 14.6 Å². The molecule has 7 nitrogen and oxygen atoms in total. The second-order valence-electron chi connectivity index (χ2n) is 9.26. The van der Waals surface area contributed by atoms with Gasteiger partial charge in [0.2, 0.25) is 11.8 Å². The summed E-state index contributed by atoms with van der Waals surface area (Å²) in [5.41, 5.74) is 3.23. The third-order valence-corrected chi connectivity index (χ3v) is 7.76. The summed E-state index contributed by atoms with van der Waals surface area (Å²) in [6.07, 6.45) is 0.630. The minimum absolute atomic E-state index is 0.0600. The van der Waals surface area contributed by atoms with Crippen LogP contribution >= 0.6 is 11.8 Å². The number of fused-ring (bicyclic) bond motifs is 1. The van der Waals surface area contributed by atoms with Crippen molar-refractivity contribution >= 4 is 29.4 Å². The highest BCUT2D eigenvalue weighted by atomic mass is 32.2. The van der Waals surface area contributed by atoms with Crippen molar-refractivity contribution in [2.75, 3.05) is 37.5 Å². The molecule has 206 valence electrons. The number of carbonyl (C=O) groups excluding carboxylic acids is 2. The van der Waals surface area contributed by atoms with Crippen LogP contribution in [0.2, 0.25) is 0 Å². The van der Waals surface area contributed by atoms with Crippen molar-refractivity contribution in [1.82, 2.24) is 15.1 Å². The highest BCUT2D eigenvalue weighted by Gasteiger charge is 2.37. The summed E-state index contributed by atoms with van der Waals surface area (Å²) in [5, 5.41) is 7.30. The molecule has 0 aliphatic carbocycles. The fraction of sp³-hybridized carbons (Fsp3) is 0.233. The van der Waals surface area contributed by atoms with Gasteiger partial charge in [0.1, 0.15) is 24.0 Å². The van der Waals surface area contributed by atoms with Crippen molar-refractivity contribution in [2.45, 2.75) is 11.7 Å².